The summed E-state index contributed by atoms with van der Waals surface area (Å²) in [5.74, 6) is -0.161. The predicted molar refractivity (Wildman–Crippen MR) is 120 cm³/mol. The third-order valence-corrected chi connectivity index (χ3v) is 7.75. The Balaban J connectivity index is 1.56. The summed E-state index contributed by atoms with van der Waals surface area (Å²) in [6.45, 7) is 1.32. The van der Waals surface area contributed by atoms with Crippen LogP contribution in [0, 0.1) is 3.70 Å². The first-order valence-corrected chi connectivity index (χ1v) is 11.9. The van der Waals surface area contributed by atoms with E-state index in [4.69, 9.17) is 4.74 Å². The highest BCUT2D eigenvalue weighted by atomic mass is 127. The summed E-state index contributed by atoms with van der Waals surface area (Å²) in [7, 11) is 0. The van der Waals surface area contributed by atoms with E-state index in [9.17, 15) is 14.7 Å². The molecule has 10 heteroatoms. The molecule has 0 saturated carbocycles. The molecule has 0 spiro atoms. The maximum absolute atomic E-state index is 13.0. The van der Waals surface area contributed by atoms with Gasteiger partial charge in [0.25, 0.3) is 0 Å². The number of carboxylic acid groups (broad SMARTS) is 1. The second kappa shape index (κ2) is 8.31. The van der Waals surface area contributed by atoms with Crippen molar-refractivity contribution in [2.45, 2.75) is 36.7 Å². The van der Waals surface area contributed by atoms with Crippen LogP contribution in [0.2, 0.25) is 0 Å². The molecule has 8 nitrogen and oxygen atoms in total. The number of aromatic nitrogens is 2. The quantitative estimate of drug-likeness (QED) is 0.585. The number of nitrogens with one attached hydrogen (secondary N) is 1. The molecule has 2 amide bonds. The number of benzene rings is 1. The first-order chi connectivity index (χ1) is 13.9. The monoisotopic (exact) mass is 530 g/mol. The normalized spacial score (nSPS) is 24.8. The Bertz CT molecular complexity index is 946. The molecule has 1 aromatic carbocycles. The number of carbonyl (C=O) groups excluding carboxylic acids is 1. The highest BCUT2D eigenvalue weighted by molar-refractivity contribution is 14.1. The van der Waals surface area contributed by atoms with Crippen molar-refractivity contribution in [2.24, 2.45) is 0 Å². The van der Waals surface area contributed by atoms with Gasteiger partial charge in [0.1, 0.15) is 8.45 Å². The Hall–Kier alpha value is -1.53. The van der Waals surface area contributed by atoms with E-state index in [1.165, 1.54) is 16.7 Å². The molecule has 2 fully saturated rings. The smallest absolute Gasteiger partial charge is 0.407 e. The van der Waals surface area contributed by atoms with E-state index >= 15 is 0 Å². The number of fused-ring (bicyclic) bond motifs is 1. The highest BCUT2D eigenvalue weighted by Crippen LogP contribution is 2.36. The van der Waals surface area contributed by atoms with Gasteiger partial charge in [-0.25, -0.2) is 9.48 Å². The van der Waals surface area contributed by atoms with E-state index in [0.29, 0.717) is 18.7 Å². The number of anilines is 1. The molecule has 0 radical (unpaired) electrons. The van der Waals surface area contributed by atoms with E-state index in [0.717, 1.165) is 40.5 Å². The molecule has 0 aliphatic carbocycles. The van der Waals surface area contributed by atoms with Gasteiger partial charge in [0, 0.05) is 30.8 Å². The lowest BCUT2D eigenvalue weighted by Crippen LogP contribution is -2.43. The van der Waals surface area contributed by atoms with Crippen LogP contribution in [-0.2, 0) is 9.53 Å². The van der Waals surface area contributed by atoms with E-state index in [2.05, 4.69) is 33.0 Å². The van der Waals surface area contributed by atoms with Crippen molar-refractivity contribution < 1.29 is 19.4 Å². The molecule has 2 aliphatic heterocycles. The SMILES string of the molecule is CSC1(C(=O)Nc2ccc3c(c2)c(I)nn3C2CCCCO2)CCN(C(=O)O)C1. The van der Waals surface area contributed by atoms with E-state index < -0.39 is 10.8 Å². The summed E-state index contributed by atoms with van der Waals surface area (Å²) < 4.78 is 7.91. The first-order valence-electron chi connectivity index (χ1n) is 9.57. The average Bonchev–Trinajstić information content (AvgIpc) is 3.32. The lowest BCUT2D eigenvalue weighted by molar-refractivity contribution is -0.118. The van der Waals surface area contributed by atoms with Gasteiger partial charge in [-0.2, -0.15) is 5.10 Å². The predicted octanol–water partition coefficient (Wildman–Crippen LogP) is 3.76. The molecule has 2 saturated heterocycles. The van der Waals surface area contributed by atoms with Crippen molar-refractivity contribution in [2.75, 3.05) is 31.3 Å². The third kappa shape index (κ3) is 3.93. The van der Waals surface area contributed by atoms with Crippen LogP contribution >= 0.6 is 34.4 Å². The number of likely N-dealkylation sites (tertiary alicyclic amines) is 1. The van der Waals surface area contributed by atoms with Gasteiger partial charge < -0.3 is 20.1 Å². The molecule has 2 unspecified atom stereocenters. The van der Waals surface area contributed by atoms with Crippen LogP contribution in [0.1, 0.15) is 31.9 Å². The van der Waals surface area contributed by atoms with Crippen molar-refractivity contribution in [3.8, 4) is 0 Å². The number of hydrogen-bond donors (Lipinski definition) is 2. The molecular weight excluding hydrogens is 507 g/mol. The van der Waals surface area contributed by atoms with Gasteiger partial charge >= 0.3 is 6.09 Å². The zero-order chi connectivity index (χ0) is 20.6. The topological polar surface area (TPSA) is 96.7 Å². The molecule has 29 heavy (non-hydrogen) atoms. The molecule has 2 aliphatic rings. The summed E-state index contributed by atoms with van der Waals surface area (Å²) in [6, 6.07) is 5.76. The Kier molecular flexibility index (Phi) is 5.94. The Morgan fingerprint density at radius 2 is 2.24 bits per heavy atom. The van der Waals surface area contributed by atoms with E-state index in [1.54, 1.807) is 0 Å². The van der Waals surface area contributed by atoms with Gasteiger partial charge in [0.2, 0.25) is 5.91 Å². The van der Waals surface area contributed by atoms with Gasteiger partial charge in [-0.1, -0.05) is 0 Å². The van der Waals surface area contributed by atoms with Gasteiger partial charge in [-0.15, -0.1) is 11.8 Å². The molecule has 4 rings (SSSR count). The molecule has 156 valence electrons. The molecule has 2 aromatic rings. The molecule has 2 atom stereocenters. The largest absolute Gasteiger partial charge is 0.465 e. The van der Waals surface area contributed by atoms with Crippen LogP contribution in [-0.4, -0.2) is 62.5 Å². The number of thioether (sulfide) groups is 1. The van der Waals surface area contributed by atoms with Gasteiger partial charge in [-0.3, -0.25) is 4.79 Å². The molecule has 2 N–H and O–H groups in total. The summed E-state index contributed by atoms with van der Waals surface area (Å²) in [4.78, 5) is 25.6. The minimum absolute atomic E-state index is 0.0459. The number of halogens is 1. The number of amides is 2. The van der Waals surface area contributed by atoms with Crippen LogP contribution in [0.3, 0.4) is 0 Å². The summed E-state index contributed by atoms with van der Waals surface area (Å²) >= 11 is 3.61. The van der Waals surface area contributed by atoms with Gasteiger partial charge in [-0.05, 0) is 72.7 Å². The lowest BCUT2D eigenvalue weighted by Gasteiger charge is -2.25. The number of rotatable bonds is 4. The second-order valence-corrected chi connectivity index (χ2v) is 9.61. The number of hydrogen-bond acceptors (Lipinski definition) is 5. The fourth-order valence-corrected chi connectivity index (χ4v) is 5.43. The fourth-order valence-electron chi connectivity index (χ4n) is 3.95. The van der Waals surface area contributed by atoms with Gasteiger partial charge in [0.05, 0.1) is 5.52 Å². The second-order valence-electron chi connectivity index (χ2n) is 7.40. The van der Waals surface area contributed by atoms with Crippen molar-refractivity contribution in [1.29, 1.82) is 0 Å². The van der Waals surface area contributed by atoms with Crippen LogP contribution in [0.15, 0.2) is 18.2 Å². The Morgan fingerprint density at radius 1 is 1.41 bits per heavy atom. The Morgan fingerprint density at radius 3 is 2.90 bits per heavy atom. The summed E-state index contributed by atoms with van der Waals surface area (Å²) in [5.41, 5.74) is 1.67. The van der Waals surface area contributed by atoms with Crippen LogP contribution < -0.4 is 5.32 Å². The zero-order valence-corrected chi connectivity index (χ0v) is 19.0. The van der Waals surface area contributed by atoms with Crippen LogP contribution in [0.5, 0.6) is 0 Å². The van der Waals surface area contributed by atoms with E-state index in [-0.39, 0.29) is 18.7 Å². The van der Waals surface area contributed by atoms with E-state index in [1.807, 2.05) is 29.1 Å². The highest BCUT2D eigenvalue weighted by Gasteiger charge is 2.45. The summed E-state index contributed by atoms with van der Waals surface area (Å²) in [5, 5.41) is 17.9. The minimum atomic E-state index is -0.984. The molecular formula is C19H23IN4O4S. The Labute approximate surface area is 186 Å². The molecule has 1 aromatic heterocycles. The van der Waals surface area contributed by atoms with Crippen LogP contribution in [0.4, 0.5) is 10.5 Å². The van der Waals surface area contributed by atoms with Crippen molar-refractivity contribution in [3.63, 3.8) is 0 Å². The van der Waals surface area contributed by atoms with Crippen LogP contribution in [0.25, 0.3) is 10.9 Å². The molecule has 3 heterocycles. The molecule has 0 bridgehead atoms. The van der Waals surface area contributed by atoms with Gasteiger partial charge in [0.15, 0.2) is 6.23 Å². The maximum Gasteiger partial charge on any atom is 0.407 e. The van der Waals surface area contributed by atoms with Crippen molar-refractivity contribution >= 4 is 62.9 Å². The summed E-state index contributed by atoms with van der Waals surface area (Å²) in [6.07, 6.45) is 4.48. The van der Waals surface area contributed by atoms with Crippen molar-refractivity contribution in [3.05, 3.63) is 21.9 Å². The zero-order valence-electron chi connectivity index (χ0n) is 16.1. The number of carbonyl (C=O) groups is 2. The number of ether oxygens (including phenoxy) is 1. The lowest BCUT2D eigenvalue weighted by atomic mass is 10.1. The first kappa shape index (κ1) is 20.7. The number of nitrogens with zero attached hydrogens (tertiary/aromatic N) is 3. The standard InChI is InChI=1S/C19H23IN4O4S/c1-29-19(7-8-23(11-19)18(26)27)17(25)21-12-5-6-14-13(10-12)16(20)22-24(14)15-4-2-3-9-28-15/h5-6,10,15H,2-4,7-9,11H2,1H3,(H,21,25)(H,26,27). The van der Waals surface area contributed by atoms with Crippen molar-refractivity contribution in [1.82, 2.24) is 14.7 Å². The minimum Gasteiger partial charge on any atom is -0.465 e. The maximum atomic E-state index is 13.0. The fraction of sp³-hybridized carbons (Fsp3) is 0.526. The third-order valence-electron chi connectivity index (χ3n) is 5.65. The average molecular weight is 530 g/mol.